The minimum atomic E-state index is 0.115. The molecule has 0 aliphatic rings. The van der Waals surface area contributed by atoms with Gasteiger partial charge in [0.1, 0.15) is 5.75 Å². The van der Waals surface area contributed by atoms with Gasteiger partial charge < -0.3 is 9.64 Å². The van der Waals surface area contributed by atoms with E-state index in [-0.39, 0.29) is 5.91 Å². The zero-order valence-electron chi connectivity index (χ0n) is 12.1. The summed E-state index contributed by atoms with van der Waals surface area (Å²) in [7, 11) is 1.84. The minimum absolute atomic E-state index is 0.115. The van der Waals surface area contributed by atoms with Crippen molar-refractivity contribution >= 4 is 33.2 Å². The van der Waals surface area contributed by atoms with Crippen molar-refractivity contribution in [3.8, 4) is 5.75 Å². The van der Waals surface area contributed by atoms with Crippen LogP contribution in [0.5, 0.6) is 5.75 Å². The van der Waals surface area contributed by atoms with Gasteiger partial charge in [0.15, 0.2) is 0 Å². The molecule has 1 aromatic carbocycles. The molecule has 0 fully saturated rings. The second-order valence-electron chi connectivity index (χ2n) is 4.71. The zero-order chi connectivity index (χ0) is 15.2. The molecule has 0 unspecified atom stereocenters. The molecule has 1 heterocycles. The molecular weight excluding hydrogens is 350 g/mol. The highest BCUT2D eigenvalue weighted by molar-refractivity contribution is 9.11. The normalized spacial score (nSPS) is 10.4. The first-order chi connectivity index (χ1) is 10.1. The maximum atomic E-state index is 12.2. The van der Waals surface area contributed by atoms with E-state index in [2.05, 4.69) is 15.9 Å². The maximum absolute atomic E-state index is 12.2. The SMILES string of the molecule is CCOc1ccc(CC(=O)N(C)Cc2ccc(Br)s2)cc1. The lowest BCUT2D eigenvalue weighted by atomic mass is 10.1. The average molecular weight is 368 g/mol. The first kappa shape index (κ1) is 16.0. The summed E-state index contributed by atoms with van der Waals surface area (Å²) in [4.78, 5) is 15.2. The van der Waals surface area contributed by atoms with E-state index in [0.717, 1.165) is 15.1 Å². The van der Waals surface area contributed by atoms with Crippen LogP contribution in [-0.4, -0.2) is 24.5 Å². The summed E-state index contributed by atoms with van der Waals surface area (Å²) in [6.07, 6.45) is 0.412. The number of nitrogens with zero attached hydrogens (tertiary/aromatic N) is 1. The largest absolute Gasteiger partial charge is 0.494 e. The predicted molar refractivity (Wildman–Crippen MR) is 89.8 cm³/mol. The molecule has 2 rings (SSSR count). The van der Waals surface area contributed by atoms with Crippen LogP contribution in [0.1, 0.15) is 17.4 Å². The van der Waals surface area contributed by atoms with Crippen molar-refractivity contribution in [2.24, 2.45) is 0 Å². The lowest BCUT2D eigenvalue weighted by Gasteiger charge is -2.16. The van der Waals surface area contributed by atoms with Crippen molar-refractivity contribution in [1.29, 1.82) is 0 Å². The van der Waals surface area contributed by atoms with Crippen LogP contribution in [0.25, 0.3) is 0 Å². The number of carbonyl (C=O) groups is 1. The number of halogens is 1. The Bertz CT molecular complexity index is 595. The molecule has 1 amide bonds. The van der Waals surface area contributed by atoms with Crippen molar-refractivity contribution in [3.63, 3.8) is 0 Å². The zero-order valence-corrected chi connectivity index (χ0v) is 14.5. The van der Waals surface area contributed by atoms with Crippen LogP contribution in [0.2, 0.25) is 0 Å². The molecular formula is C16H18BrNO2S. The smallest absolute Gasteiger partial charge is 0.227 e. The van der Waals surface area contributed by atoms with Gasteiger partial charge in [-0.15, -0.1) is 11.3 Å². The third-order valence-corrected chi connectivity index (χ3v) is 4.65. The Labute approximate surface area is 137 Å². The van der Waals surface area contributed by atoms with Crippen molar-refractivity contribution in [2.75, 3.05) is 13.7 Å². The number of rotatable bonds is 6. The summed E-state index contributed by atoms with van der Waals surface area (Å²) >= 11 is 5.09. The van der Waals surface area contributed by atoms with Crippen molar-refractivity contribution in [2.45, 2.75) is 19.9 Å². The summed E-state index contributed by atoms with van der Waals surface area (Å²) in [5.41, 5.74) is 1.00. The highest BCUT2D eigenvalue weighted by Crippen LogP contribution is 2.23. The molecule has 1 aromatic heterocycles. The Morgan fingerprint density at radius 2 is 1.95 bits per heavy atom. The third-order valence-electron chi connectivity index (χ3n) is 3.04. The molecule has 0 N–H and O–H groups in total. The van der Waals surface area contributed by atoms with Crippen LogP contribution in [0.4, 0.5) is 0 Å². The van der Waals surface area contributed by atoms with E-state index in [1.807, 2.05) is 50.4 Å². The molecule has 0 saturated heterocycles. The van der Waals surface area contributed by atoms with Gasteiger partial charge in [0.05, 0.1) is 23.4 Å². The Morgan fingerprint density at radius 1 is 1.24 bits per heavy atom. The number of likely N-dealkylation sites (N-methyl/N-ethyl adjacent to an activating group) is 1. The van der Waals surface area contributed by atoms with Crippen LogP contribution in [0.3, 0.4) is 0 Å². The minimum Gasteiger partial charge on any atom is -0.494 e. The van der Waals surface area contributed by atoms with Crippen LogP contribution in [0, 0.1) is 0 Å². The van der Waals surface area contributed by atoms with E-state index in [4.69, 9.17) is 4.74 Å². The number of benzene rings is 1. The Balaban J connectivity index is 1.90. The van der Waals surface area contributed by atoms with Crippen LogP contribution in [0.15, 0.2) is 40.2 Å². The second kappa shape index (κ2) is 7.61. The maximum Gasteiger partial charge on any atom is 0.227 e. The molecule has 0 atom stereocenters. The molecule has 0 aliphatic heterocycles. The predicted octanol–water partition coefficient (Wildman–Crippen LogP) is 4.11. The van der Waals surface area contributed by atoms with Gasteiger partial charge in [-0.05, 0) is 52.7 Å². The quantitative estimate of drug-likeness (QED) is 0.768. The highest BCUT2D eigenvalue weighted by Gasteiger charge is 2.11. The summed E-state index contributed by atoms with van der Waals surface area (Å²) in [6.45, 7) is 3.25. The lowest BCUT2D eigenvalue weighted by Crippen LogP contribution is -2.27. The van der Waals surface area contributed by atoms with Gasteiger partial charge in [0, 0.05) is 11.9 Å². The van der Waals surface area contributed by atoms with Gasteiger partial charge in [-0.25, -0.2) is 0 Å². The fourth-order valence-electron chi connectivity index (χ4n) is 1.94. The van der Waals surface area contributed by atoms with E-state index < -0.39 is 0 Å². The highest BCUT2D eigenvalue weighted by atomic mass is 79.9. The standard InChI is InChI=1S/C16H18BrNO2S/c1-3-20-13-6-4-12(5-7-13)10-16(19)18(2)11-14-8-9-15(17)21-14/h4-9H,3,10-11H2,1-2H3. The summed E-state index contributed by atoms with van der Waals surface area (Å²) < 4.78 is 6.48. The number of thiophene rings is 1. The molecule has 0 saturated carbocycles. The molecule has 0 bridgehead atoms. The van der Waals surface area contributed by atoms with Crippen LogP contribution >= 0.6 is 27.3 Å². The summed E-state index contributed by atoms with van der Waals surface area (Å²) in [6, 6.07) is 11.7. The van der Waals surface area contributed by atoms with Gasteiger partial charge in [-0.1, -0.05) is 12.1 Å². The molecule has 2 aromatic rings. The first-order valence-corrected chi connectivity index (χ1v) is 8.39. The van der Waals surface area contributed by atoms with Crippen molar-refractivity contribution < 1.29 is 9.53 Å². The summed E-state index contributed by atoms with van der Waals surface area (Å²) in [5.74, 6) is 0.953. The number of amides is 1. The number of ether oxygens (including phenoxy) is 1. The van der Waals surface area contributed by atoms with E-state index in [1.165, 1.54) is 4.88 Å². The summed E-state index contributed by atoms with van der Waals surface area (Å²) in [5, 5.41) is 0. The number of hydrogen-bond acceptors (Lipinski definition) is 3. The molecule has 0 spiro atoms. The Kier molecular flexibility index (Phi) is 5.82. The van der Waals surface area contributed by atoms with E-state index >= 15 is 0 Å². The fourth-order valence-corrected chi connectivity index (χ4v) is 3.48. The average Bonchev–Trinajstić information content (AvgIpc) is 2.86. The Hall–Kier alpha value is -1.33. The molecule has 5 heteroatoms. The van der Waals surface area contributed by atoms with Crippen molar-refractivity contribution in [1.82, 2.24) is 4.90 Å². The number of hydrogen-bond donors (Lipinski definition) is 0. The van der Waals surface area contributed by atoms with Gasteiger partial charge in [-0.2, -0.15) is 0 Å². The van der Waals surface area contributed by atoms with E-state index in [9.17, 15) is 4.79 Å². The number of carbonyl (C=O) groups excluding carboxylic acids is 1. The lowest BCUT2D eigenvalue weighted by molar-refractivity contribution is -0.129. The van der Waals surface area contributed by atoms with Crippen LogP contribution < -0.4 is 4.74 Å². The van der Waals surface area contributed by atoms with Crippen molar-refractivity contribution in [3.05, 3.63) is 50.6 Å². The van der Waals surface area contributed by atoms with Gasteiger partial charge in [0.2, 0.25) is 5.91 Å². The topological polar surface area (TPSA) is 29.5 Å². The van der Waals surface area contributed by atoms with Gasteiger partial charge >= 0.3 is 0 Å². The van der Waals surface area contributed by atoms with E-state index in [1.54, 1.807) is 16.2 Å². The second-order valence-corrected chi connectivity index (χ2v) is 7.26. The molecule has 0 radical (unpaired) electrons. The molecule has 112 valence electrons. The van der Waals surface area contributed by atoms with Gasteiger partial charge in [-0.3, -0.25) is 4.79 Å². The fraction of sp³-hybridized carbons (Fsp3) is 0.312. The van der Waals surface area contributed by atoms with Crippen LogP contribution in [-0.2, 0) is 17.8 Å². The molecule has 21 heavy (non-hydrogen) atoms. The van der Waals surface area contributed by atoms with E-state index in [0.29, 0.717) is 19.6 Å². The monoisotopic (exact) mass is 367 g/mol. The third kappa shape index (κ3) is 4.86. The van der Waals surface area contributed by atoms with Gasteiger partial charge in [0.25, 0.3) is 0 Å². The molecule has 3 nitrogen and oxygen atoms in total. The first-order valence-electron chi connectivity index (χ1n) is 6.78. The Morgan fingerprint density at radius 3 is 2.52 bits per heavy atom. The molecule has 0 aliphatic carbocycles.